The maximum atomic E-state index is 10.6. The summed E-state index contributed by atoms with van der Waals surface area (Å²) in [7, 11) is 0. The summed E-state index contributed by atoms with van der Waals surface area (Å²) in [5.74, 6) is -2.61. The van der Waals surface area contributed by atoms with E-state index < -0.39 is 67.5 Å². The predicted octanol–water partition coefficient (Wildman–Crippen LogP) is -3.59. The fraction of sp³-hybridized carbons (Fsp3) is 1.00. The fourth-order valence-corrected chi connectivity index (χ4v) is 3.02. The highest BCUT2D eigenvalue weighted by atomic mass is 16.8. The van der Waals surface area contributed by atoms with E-state index in [2.05, 4.69) is 0 Å². The van der Waals surface area contributed by atoms with E-state index in [1.807, 2.05) is 0 Å². The number of aliphatic hydroxyl groups is 7. The first-order valence-electron chi connectivity index (χ1n) is 7.89. The van der Waals surface area contributed by atoms with E-state index in [0.29, 0.717) is 0 Å². The minimum atomic E-state index is -2.61. The second-order valence-electron chi connectivity index (χ2n) is 6.24. The van der Waals surface area contributed by atoms with E-state index >= 15 is 0 Å². The summed E-state index contributed by atoms with van der Waals surface area (Å²) in [6.07, 6.45) is -12.7. The summed E-state index contributed by atoms with van der Waals surface area (Å²) < 4.78 is 15.7. The lowest BCUT2D eigenvalue weighted by molar-refractivity contribution is -0.423. The molecule has 4 unspecified atom stereocenters. The molecule has 0 saturated carbocycles. The molecular weight excluding hydrogens is 328 g/mol. The van der Waals surface area contributed by atoms with Crippen molar-refractivity contribution in [3.8, 4) is 0 Å². The Kier molecular flexibility index (Phi) is 6.19. The molecule has 0 radical (unpaired) electrons. The van der Waals surface area contributed by atoms with Gasteiger partial charge in [0, 0.05) is 0 Å². The van der Waals surface area contributed by atoms with Gasteiger partial charge in [-0.1, -0.05) is 6.92 Å². The molecule has 10 nitrogen and oxygen atoms in total. The Balaban J connectivity index is 2.22. The molecule has 0 aromatic rings. The van der Waals surface area contributed by atoms with E-state index in [-0.39, 0.29) is 6.42 Å². The number of rotatable bonds is 4. The Labute approximate surface area is 138 Å². The Morgan fingerprint density at radius 2 is 1.54 bits per heavy atom. The van der Waals surface area contributed by atoms with E-state index in [0.717, 1.165) is 0 Å². The standard InChI is InChI=1S/C14H26O10/c1-3-6-8(16)9(17)10(18)13(23-6)24-14(21)11(19)5(2)22-7(4-15)12(14)20/h5-13,15-21H,3-4H2,1-2H3/t5-,6?,7?,8-,9-,10?,11?,12-,13-,14-/m0/s1. The molecule has 0 amide bonds. The Morgan fingerprint density at radius 1 is 0.917 bits per heavy atom. The van der Waals surface area contributed by atoms with Crippen LogP contribution in [0.15, 0.2) is 0 Å². The lowest BCUT2D eigenvalue weighted by atomic mass is 9.91. The van der Waals surface area contributed by atoms with Crippen LogP contribution in [0, 0.1) is 0 Å². The van der Waals surface area contributed by atoms with E-state index in [1.54, 1.807) is 6.92 Å². The van der Waals surface area contributed by atoms with E-state index in [1.165, 1.54) is 6.92 Å². The Hall–Kier alpha value is -0.400. The van der Waals surface area contributed by atoms with Gasteiger partial charge in [-0.15, -0.1) is 0 Å². The van der Waals surface area contributed by atoms with Crippen molar-refractivity contribution >= 4 is 0 Å². The van der Waals surface area contributed by atoms with Gasteiger partial charge in [-0.3, -0.25) is 0 Å². The normalized spacial score (nSPS) is 53.1. The maximum absolute atomic E-state index is 10.6. The smallest absolute Gasteiger partial charge is 0.226 e. The maximum Gasteiger partial charge on any atom is 0.226 e. The van der Waals surface area contributed by atoms with Crippen LogP contribution in [-0.4, -0.2) is 103 Å². The van der Waals surface area contributed by atoms with Crippen molar-refractivity contribution in [3.63, 3.8) is 0 Å². The van der Waals surface area contributed by atoms with Gasteiger partial charge >= 0.3 is 0 Å². The first-order chi connectivity index (χ1) is 11.2. The van der Waals surface area contributed by atoms with Crippen molar-refractivity contribution in [2.75, 3.05) is 6.61 Å². The van der Waals surface area contributed by atoms with Crippen LogP contribution in [-0.2, 0) is 14.2 Å². The molecule has 10 heteroatoms. The zero-order chi connectivity index (χ0) is 18.2. The predicted molar refractivity (Wildman–Crippen MR) is 76.4 cm³/mol. The van der Waals surface area contributed by atoms with Crippen LogP contribution in [0.3, 0.4) is 0 Å². The average molecular weight is 354 g/mol. The summed E-state index contributed by atoms with van der Waals surface area (Å²) in [5.41, 5.74) is 0. The van der Waals surface area contributed by atoms with Gasteiger partial charge in [0.25, 0.3) is 0 Å². The van der Waals surface area contributed by atoms with Gasteiger partial charge in [0.15, 0.2) is 6.29 Å². The molecule has 0 aliphatic carbocycles. The minimum Gasteiger partial charge on any atom is -0.394 e. The van der Waals surface area contributed by atoms with Crippen LogP contribution in [0.1, 0.15) is 20.3 Å². The lowest BCUT2D eigenvalue weighted by Gasteiger charge is -2.49. The number of hydrogen-bond acceptors (Lipinski definition) is 10. The highest BCUT2D eigenvalue weighted by molar-refractivity contribution is 4.99. The molecule has 0 aromatic carbocycles. The zero-order valence-electron chi connectivity index (χ0n) is 13.5. The summed E-state index contributed by atoms with van der Waals surface area (Å²) in [5, 5.41) is 69.9. The molecule has 2 aliphatic rings. The molecule has 24 heavy (non-hydrogen) atoms. The van der Waals surface area contributed by atoms with Crippen molar-refractivity contribution in [3.05, 3.63) is 0 Å². The molecule has 2 fully saturated rings. The van der Waals surface area contributed by atoms with Gasteiger partial charge in [0.1, 0.15) is 36.6 Å². The average Bonchev–Trinajstić information content (AvgIpc) is 2.57. The molecule has 0 aromatic heterocycles. The summed E-state index contributed by atoms with van der Waals surface area (Å²) in [4.78, 5) is 0. The molecule has 142 valence electrons. The monoisotopic (exact) mass is 354 g/mol. The summed E-state index contributed by atoms with van der Waals surface area (Å²) >= 11 is 0. The third-order valence-electron chi connectivity index (χ3n) is 4.59. The molecule has 2 rings (SSSR count). The van der Waals surface area contributed by atoms with Crippen LogP contribution in [0.5, 0.6) is 0 Å². The Morgan fingerprint density at radius 3 is 2.08 bits per heavy atom. The third kappa shape index (κ3) is 3.31. The molecule has 10 atom stereocenters. The van der Waals surface area contributed by atoms with Crippen molar-refractivity contribution in [2.24, 2.45) is 0 Å². The van der Waals surface area contributed by atoms with Crippen LogP contribution in [0.4, 0.5) is 0 Å². The second kappa shape index (κ2) is 7.46. The zero-order valence-corrected chi connectivity index (χ0v) is 13.5. The highest BCUT2D eigenvalue weighted by Crippen LogP contribution is 2.35. The molecule has 2 saturated heterocycles. The molecule has 0 bridgehead atoms. The topological polar surface area (TPSA) is 169 Å². The summed E-state index contributed by atoms with van der Waals surface area (Å²) in [6, 6.07) is 0. The third-order valence-corrected chi connectivity index (χ3v) is 4.59. The van der Waals surface area contributed by atoms with Gasteiger partial charge < -0.3 is 50.0 Å². The second-order valence-corrected chi connectivity index (χ2v) is 6.24. The molecule has 0 spiro atoms. The fourth-order valence-electron chi connectivity index (χ4n) is 3.02. The van der Waals surface area contributed by atoms with E-state index in [9.17, 15) is 35.7 Å². The van der Waals surface area contributed by atoms with Crippen LogP contribution < -0.4 is 0 Å². The number of hydrogen-bond donors (Lipinski definition) is 7. The minimum absolute atomic E-state index is 0.285. The number of aliphatic hydroxyl groups excluding tert-OH is 6. The molecule has 2 heterocycles. The van der Waals surface area contributed by atoms with Gasteiger partial charge in [0.2, 0.25) is 5.79 Å². The first kappa shape index (κ1) is 19.9. The van der Waals surface area contributed by atoms with Gasteiger partial charge in [-0.2, -0.15) is 0 Å². The SMILES string of the molecule is CCC1O[C@@H](O[C@@]2(O)C(O)[C@H](C)OC(CO)[C@@H]2O)C(O)[C@@H](O)[C@H]1O. The van der Waals surface area contributed by atoms with Crippen molar-refractivity contribution in [1.29, 1.82) is 0 Å². The quantitative estimate of drug-likeness (QED) is 0.250. The lowest BCUT2D eigenvalue weighted by Crippen LogP contribution is -2.70. The van der Waals surface area contributed by atoms with Crippen molar-refractivity contribution in [2.45, 2.75) is 81.2 Å². The van der Waals surface area contributed by atoms with E-state index in [4.69, 9.17) is 14.2 Å². The van der Waals surface area contributed by atoms with Crippen molar-refractivity contribution in [1.82, 2.24) is 0 Å². The van der Waals surface area contributed by atoms with Crippen LogP contribution in [0.25, 0.3) is 0 Å². The first-order valence-corrected chi connectivity index (χ1v) is 7.89. The summed E-state index contributed by atoms with van der Waals surface area (Å²) in [6.45, 7) is 2.43. The van der Waals surface area contributed by atoms with Crippen LogP contribution >= 0.6 is 0 Å². The van der Waals surface area contributed by atoms with Crippen LogP contribution in [0.2, 0.25) is 0 Å². The van der Waals surface area contributed by atoms with Crippen molar-refractivity contribution < 1.29 is 50.0 Å². The van der Waals surface area contributed by atoms with Gasteiger partial charge in [-0.25, -0.2) is 0 Å². The van der Waals surface area contributed by atoms with Gasteiger partial charge in [0.05, 0.1) is 18.8 Å². The number of ether oxygens (including phenoxy) is 3. The molecule has 2 aliphatic heterocycles. The van der Waals surface area contributed by atoms with Gasteiger partial charge in [-0.05, 0) is 13.3 Å². The highest BCUT2D eigenvalue weighted by Gasteiger charge is 2.58. The molecular formula is C14H26O10. The Bertz CT molecular complexity index is 420. The molecule has 7 N–H and O–H groups in total. The largest absolute Gasteiger partial charge is 0.394 e.